The molecule has 32 heavy (non-hydrogen) atoms. The maximum Gasteiger partial charge on any atom is 0.268 e. The Morgan fingerprint density at radius 3 is 2.59 bits per heavy atom. The number of fused-ring (bicyclic) bond motifs is 5. The van der Waals surface area contributed by atoms with E-state index in [0.717, 1.165) is 43.7 Å². The maximum absolute atomic E-state index is 13.9. The highest BCUT2D eigenvalue weighted by Gasteiger charge is 2.30. The fraction of sp³-hybridized carbons (Fsp3) is 0.435. The summed E-state index contributed by atoms with van der Waals surface area (Å²) in [6, 6.07) is 7.48. The highest BCUT2D eigenvalue weighted by molar-refractivity contribution is 7.99. The predicted molar refractivity (Wildman–Crippen MR) is 129 cm³/mol. The van der Waals surface area contributed by atoms with E-state index in [-0.39, 0.29) is 11.7 Å². The van der Waals surface area contributed by atoms with Crippen LogP contribution in [-0.4, -0.2) is 37.6 Å². The van der Waals surface area contributed by atoms with Gasteiger partial charge in [0.05, 0.1) is 30.9 Å². The number of methoxy groups -OCH3 is 1. The highest BCUT2D eigenvalue weighted by atomic mass is 32.2. The number of rotatable bonds is 5. The van der Waals surface area contributed by atoms with Crippen LogP contribution < -0.4 is 10.3 Å². The van der Waals surface area contributed by atoms with Crippen LogP contribution in [0, 0.1) is 5.92 Å². The maximum atomic E-state index is 13.9. The van der Waals surface area contributed by atoms with E-state index in [4.69, 9.17) is 9.47 Å². The smallest absolute Gasteiger partial charge is 0.268 e. The van der Waals surface area contributed by atoms with E-state index in [1.165, 1.54) is 0 Å². The first-order chi connectivity index (χ1) is 15.4. The van der Waals surface area contributed by atoms with E-state index in [0.29, 0.717) is 23.6 Å². The van der Waals surface area contributed by atoms with E-state index in [1.807, 2.05) is 28.7 Å². The standard InChI is InChI=1S/C23H26N4O3S2/c1-12(2)17-10-16-18(11-30-17)32-21-19(16)20(28)26(14-6-8-15(29-5)9-7-14)22-24-25-23(27(21)22)31-13(3)4/h6-9,12-13,17H,10-11H2,1-5H3/t17-/m0/s1. The molecule has 5 rings (SSSR count). The SMILES string of the molecule is COc1ccc(-n2c(=O)c3c4c(sc3n3c(SC(C)C)nnc23)CO[C@H](C(C)C)C4)cc1. The first kappa shape index (κ1) is 21.5. The monoisotopic (exact) mass is 470 g/mol. The third-order valence-corrected chi connectivity index (χ3v) is 7.89. The van der Waals surface area contributed by atoms with Gasteiger partial charge in [-0.25, -0.2) is 8.97 Å². The summed E-state index contributed by atoms with van der Waals surface area (Å²) in [5.74, 6) is 1.64. The molecule has 0 unspecified atom stereocenters. The second-order valence-corrected chi connectivity index (χ2v) is 11.2. The van der Waals surface area contributed by atoms with Crippen LogP contribution in [0.2, 0.25) is 0 Å². The van der Waals surface area contributed by atoms with Gasteiger partial charge in [-0.05, 0) is 35.7 Å². The molecule has 4 aromatic rings. The summed E-state index contributed by atoms with van der Waals surface area (Å²) < 4.78 is 15.1. The van der Waals surface area contributed by atoms with Crippen LogP contribution >= 0.6 is 23.1 Å². The second-order valence-electron chi connectivity index (χ2n) is 8.60. The first-order valence-corrected chi connectivity index (χ1v) is 12.5. The molecule has 1 aliphatic heterocycles. The molecule has 0 aliphatic carbocycles. The molecule has 0 amide bonds. The van der Waals surface area contributed by atoms with Crippen molar-refractivity contribution in [3.05, 3.63) is 45.1 Å². The largest absolute Gasteiger partial charge is 0.497 e. The van der Waals surface area contributed by atoms with Crippen molar-refractivity contribution in [1.29, 1.82) is 0 Å². The Morgan fingerprint density at radius 2 is 1.94 bits per heavy atom. The van der Waals surface area contributed by atoms with Gasteiger partial charge in [-0.3, -0.25) is 4.79 Å². The Hall–Kier alpha value is -2.36. The molecular formula is C23H26N4O3S2. The lowest BCUT2D eigenvalue weighted by molar-refractivity contribution is 0.00200. The average Bonchev–Trinajstić information content (AvgIpc) is 3.34. The summed E-state index contributed by atoms with van der Waals surface area (Å²) in [7, 11) is 1.63. The molecule has 0 fully saturated rings. The van der Waals surface area contributed by atoms with Gasteiger partial charge in [-0.1, -0.05) is 39.5 Å². The minimum Gasteiger partial charge on any atom is -0.497 e. The Bertz CT molecular complexity index is 1350. The minimum atomic E-state index is -0.0620. The molecule has 168 valence electrons. The van der Waals surface area contributed by atoms with Gasteiger partial charge < -0.3 is 9.47 Å². The summed E-state index contributed by atoms with van der Waals surface area (Å²) in [6.07, 6.45) is 0.848. The van der Waals surface area contributed by atoms with Crippen molar-refractivity contribution in [3.8, 4) is 11.4 Å². The number of thioether (sulfide) groups is 1. The number of benzene rings is 1. The van der Waals surface area contributed by atoms with Crippen molar-refractivity contribution in [1.82, 2.24) is 19.2 Å². The summed E-state index contributed by atoms with van der Waals surface area (Å²) in [5.41, 5.74) is 1.79. The van der Waals surface area contributed by atoms with Crippen molar-refractivity contribution in [2.24, 2.45) is 5.92 Å². The number of ether oxygens (including phenoxy) is 2. The number of aromatic nitrogens is 4. The summed E-state index contributed by atoms with van der Waals surface area (Å²) in [4.78, 5) is 16.0. The van der Waals surface area contributed by atoms with Gasteiger partial charge >= 0.3 is 0 Å². The molecule has 1 aromatic carbocycles. The minimum absolute atomic E-state index is 0.0620. The molecule has 0 bridgehead atoms. The van der Waals surface area contributed by atoms with Crippen LogP contribution in [0.1, 0.15) is 38.1 Å². The molecule has 0 radical (unpaired) electrons. The van der Waals surface area contributed by atoms with Crippen molar-refractivity contribution >= 4 is 39.1 Å². The fourth-order valence-electron chi connectivity index (χ4n) is 4.12. The lowest BCUT2D eigenvalue weighted by Crippen LogP contribution is -2.28. The molecule has 0 saturated carbocycles. The van der Waals surface area contributed by atoms with Crippen LogP contribution in [0.15, 0.2) is 34.2 Å². The molecular weight excluding hydrogens is 444 g/mol. The van der Waals surface area contributed by atoms with Crippen LogP contribution in [0.4, 0.5) is 0 Å². The van der Waals surface area contributed by atoms with Gasteiger partial charge in [-0.2, -0.15) is 0 Å². The van der Waals surface area contributed by atoms with Crippen molar-refractivity contribution in [2.75, 3.05) is 7.11 Å². The fourth-order valence-corrected chi connectivity index (χ4v) is 6.20. The topological polar surface area (TPSA) is 70.7 Å². The molecule has 0 saturated heterocycles. The van der Waals surface area contributed by atoms with Crippen molar-refractivity contribution < 1.29 is 9.47 Å². The number of hydrogen-bond donors (Lipinski definition) is 0. The van der Waals surface area contributed by atoms with Gasteiger partial charge in [0.15, 0.2) is 5.16 Å². The van der Waals surface area contributed by atoms with Crippen molar-refractivity contribution in [3.63, 3.8) is 0 Å². The van der Waals surface area contributed by atoms with E-state index in [9.17, 15) is 4.79 Å². The normalized spacial score (nSPS) is 16.4. The van der Waals surface area contributed by atoms with Crippen LogP contribution in [0.5, 0.6) is 5.75 Å². The molecule has 1 aliphatic rings. The molecule has 9 heteroatoms. The summed E-state index contributed by atoms with van der Waals surface area (Å²) in [6.45, 7) is 9.12. The number of nitrogens with zero attached hydrogens (tertiary/aromatic N) is 4. The van der Waals surface area contributed by atoms with E-state index < -0.39 is 0 Å². The third-order valence-electron chi connectivity index (χ3n) is 5.76. The van der Waals surface area contributed by atoms with Crippen molar-refractivity contribution in [2.45, 2.75) is 57.2 Å². The van der Waals surface area contributed by atoms with Crippen LogP contribution in [0.25, 0.3) is 21.7 Å². The second kappa shape index (κ2) is 8.20. The van der Waals surface area contributed by atoms with Gasteiger partial charge in [0, 0.05) is 16.5 Å². The van der Waals surface area contributed by atoms with Crippen LogP contribution in [0.3, 0.4) is 0 Å². The third kappa shape index (κ3) is 3.43. The lowest BCUT2D eigenvalue weighted by Gasteiger charge is -2.26. The van der Waals surface area contributed by atoms with Gasteiger partial charge in [0.1, 0.15) is 10.6 Å². The molecule has 7 nitrogen and oxygen atoms in total. The highest BCUT2D eigenvalue weighted by Crippen LogP contribution is 2.38. The van der Waals surface area contributed by atoms with E-state index in [2.05, 4.69) is 37.9 Å². The number of hydrogen-bond acceptors (Lipinski definition) is 7. The zero-order chi connectivity index (χ0) is 22.6. The Morgan fingerprint density at radius 1 is 1.19 bits per heavy atom. The molecule has 0 N–H and O–H groups in total. The van der Waals surface area contributed by atoms with E-state index >= 15 is 0 Å². The Kier molecular flexibility index (Phi) is 5.51. The quantitative estimate of drug-likeness (QED) is 0.394. The molecule has 3 aromatic heterocycles. The Balaban J connectivity index is 1.84. The predicted octanol–water partition coefficient (Wildman–Crippen LogP) is 4.70. The lowest BCUT2D eigenvalue weighted by atomic mass is 9.96. The molecule has 0 spiro atoms. The summed E-state index contributed by atoms with van der Waals surface area (Å²) >= 11 is 3.27. The van der Waals surface area contributed by atoms with E-state index in [1.54, 1.807) is 34.8 Å². The van der Waals surface area contributed by atoms with Gasteiger partial charge in [0.25, 0.3) is 5.56 Å². The average molecular weight is 471 g/mol. The van der Waals surface area contributed by atoms with Gasteiger partial charge in [-0.15, -0.1) is 21.5 Å². The summed E-state index contributed by atoms with van der Waals surface area (Å²) in [5, 5.41) is 10.8. The molecule has 1 atom stereocenters. The van der Waals surface area contributed by atoms with Crippen LogP contribution in [-0.2, 0) is 17.8 Å². The number of thiophene rings is 1. The first-order valence-electron chi connectivity index (χ1n) is 10.8. The Labute approximate surface area is 194 Å². The zero-order valence-electron chi connectivity index (χ0n) is 18.8. The zero-order valence-corrected chi connectivity index (χ0v) is 20.4. The van der Waals surface area contributed by atoms with Gasteiger partial charge in [0.2, 0.25) is 5.78 Å². The molecule has 4 heterocycles.